The number of rotatable bonds is 2. The van der Waals surface area contributed by atoms with Crippen LogP contribution in [0.25, 0.3) is 0 Å². The van der Waals surface area contributed by atoms with Crippen LogP contribution in [0.15, 0.2) is 18.2 Å². The Morgan fingerprint density at radius 1 is 1.36 bits per heavy atom. The van der Waals surface area contributed by atoms with Gasteiger partial charge in [0.25, 0.3) is 0 Å². The lowest BCUT2D eigenvalue weighted by Crippen LogP contribution is -2.13. The van der Waals surface area contributed by atoms with Crippen molar-refractivity contribution in [3.63, 3.8) is 0 Å². The zero-order valence-corrected chi connectivity index (χ0v) is 8.42. The molecule has 1 heterocycles. The van der Waals surface area contributed by atoms with E-state index in [4.69, 9.17) is 4.74 Å². The molecule has 2 aliphatic rings. The van der Waals surface area contributed by atoms with Crippen LogP contribution in [0, 0.1) is 0 Å². The van der Waals surface area contributed by atoms with Crippen molar-refractivity contribution in [2.24, 2.45) is 0 Å². The van der Waals surface area contributed by atoms with Gasteiger partial charge in [0.05, 0.1) is 0 Å². The molecule has 0 bridgehead atoms. The van der Waals surface area contributed by atoms with E-state index in [9.17, 15) is 0 Å². The fourth-order valence-electron chi connectivity index (χ4n) is 2.23. The highest BCUT2D eigenvalue weighted by Crippen LogP contribution is 2.41. The minimum absolute atomic E-state index is 0.109. The Bertz CT molecular complexity index is 357. The maximum Gasteiger partial charge on any atom is 0.134 e. The smallest absolute Gasteiger partial charge is 0.134 e. The van der Waals surface area contributed by atoms with E-state index in [1.165, 1.54) is 29.5 Å². The van der Waals surface area contributed by atoms with Gasteiger partial charge in [0.1, 0.15) is 6.23 Å². The molecule has 14 heavy (non-hydrogen) atoms. The van der Waals surface area contributed by atoms with E-state index in [-0.39, 0.29) is 6.23 Å². The Morgan fingerprint density at radius 3 is 2.93 bits per heavy atom. The quantitative estimate of drug-likeness (QED) is 0.770. The summed E-state index contributed by atoms with van der Waals surface area (Å²) in [6.07, 6.45) is 2.86. The van der Waals surface area contributed by atoms with Crippen LogP contribution in [0.1, 0.15) is 41.7 Å². The zero-order chi connectivity index (χ0) is 9.54. The number of nitrogens with one attached hydrogen (secondary N) is 1. The number of hydrogen-bond donors (Lipinski definition) is 1. The molecule has 1 saturated carbocycles. The normalized spacial score (nSPS) is 25.1. The first kappa shape index (κ1) is 8.45. The van der Waals surface area contributed by atoms with Crippen molar-refractivity contribution in [3.8, 4) is 0 Å². The summed E-state index contributed by atoms with van der Waals surface area (Å²) in [6, 6.07) is 6.83. The lowest BCUT2D eigenvalue weighted by molar-refractivity contribution is 0.0829. The molecular weight excluding hydrogens is 174 g/mol. The summed E-state index contributed by atoms with van der Waals surface area (Å²) < 4.78 is 5.34. The van der Waals surface area contributed by atoms with E-state index in [1.807, 2.05) is 0 Å². The van der Waals surface area contributed by atoms with E-state index in [0.717, 1.165) is 12.5 Å². The lowest BCUT2D eigenvalue weighted by atomic mass is 10.0. The second kappa shape index (κ2) is 3.07. The van der Waals surface area contributed by atoms with Crippen molar-refractivity contribution in [1.82, 2.24) is 5.32 Å². The molecule has 2 nitrogen and oxygen atoms in total. The van der Waals surface area contributed by atoms with Crippen molar-refractivity contribution in [3.05, 3.63) is 34.9 Å². The largest absolute Gasteiger partial charge is 0.362 e. The Morgan fingerprint density at radius 2 is 2.21 bits per heavy atom. The molecule has 0 saturated heterocycles. The van der Waals surface area contributed by atoms with E-state index in [1.54, 1.807) is 7.11 Å². The lowest BCUT2D eigenvalue weighted by Gasteiger charge is -2.09. The average Bonchev–Trinajstić information content (AvgIpc) is 2.98. The van der Waals surface area contributed by atoms with Crippen molar-refractivity contribution in [2.75, 3.05) is 7.11 Å². The molecule has 1 aliphatic carbocycles. The fraction of sp³-hybridized carbons (Fsp3) is 0.500. The predicted octanol–water partition coefficient (Wildman–Crippen LogP) is 2.31. The van der Waals surface area contributed by atoms with Crippen LogP contribution in [-0.2, 0) is 11.3 Å². The molecule has 1 atom stereocenters. The maximum absolute atomic E-state index is 5.34. The van der Waals surface area contributed by atoms with Gasteiger partial charge in [-0.1, -0.05) is 18.2 Å². The highest BCUT2D eigenvalue weighted by Gasteiger charge is 2.27. The Labute approximate surface area is 84.3 Å². The molecule has 3 rings (SSSR count). The van der Waals surface area contributed by atoms with Crippen LogP contribution in [0.4, 0.5) is 0 Å². The molecule has 0 spiro atoms. The van der Waals surface area contributed by atoms with E-state index < -0.39 is 0 Å². The summed E-state index contributed by atoms with van der Waals surface area (Å²) in [6.45, 7) is 0.953. The van der Waals surface area contributed by atoms with Crippen LogP contribution >= 0.6 is 0 Å². The molecule has 0 amide bonds. The van der Waals surface area contributed by atoms with Gasteiger partial charge in [-0.2, -0.15) is 0 Å². The van der Waals surface area contributed by atoms with Crippen LogP contribution in [0.3, 0.4) is 0 Å². The van der Waals surface area contributed by atoms with Gasteiger partial charge in [-0.3, -0.25) is 5.32 Å². The first-order valence-electron chi connectivity index (χ1n) is 5.27. The molecule has 1 N–H and O–H groups in total. The average molecular weight is 189 g/mol. The molecule has 0 radical (unpaired) electrons. The second-order valence-corrected chi connectivity index (χ2v) is 4.23. The number of ether oxygens (including phenoxy) is 1. The Hall–Kier alpha value is -0.860. The molecule has 74 valence electrons. The third kappa shape index (κ3) is 1.26. The summed E-state index contributed by atoms with van der Waals surface area (Å²) >= 11 is 0. The van der Waals surface area contributed by atoms with Crippen molar-refractivity contribution >= 4 is 0 Å². The minimum atomic E-state index is 0.109. The monoisotopic (exact) mass is 189 g/mol. The molecule has 1 aromatic carbocycles. The van der Waals surface area contributed by atoms with Gasteiger partial charge in [0.15, 0.2) is 0 Å². The molecule has 1 fully saturated rings. The third-order valence-corrected chi connectivity index (χ3v) is 3.21. The van der Waals surface area contributed by atoms with Crippen molar-refractivity contribution in [1.29, 1.82) is 0 Å². The van der Waals surface area contributed by atoms with Crippen LogP contribution in [0.2, 0.25) is 0 Å². The molecule has 1 unspecified atom stereocenters. The van der Waals surface area contributed by atoms with Gasteiger partial charge < -0.3 is 4.74 Å². The van der Waals surface area contributed by atoms with Gasteiger partial charge in [-0.05, 0) is 35.4 Å². The minimum Gasteiger partial charge on any atom is -0.362 e. The maximum atomic E-state index is 5.34. The van der Waals surface area contributed by atoms with Gasteiger partial charge in [-0.15, -0.1) is 0 Å². The van der Waals surface area contributed by atoms with Gasteiger partial charge in [-0.25, -0.2) is 0 Å². The van der Waals surface area contributed by atoms with Crippen molar-refractivity contribution in [2.45, 2.75) is 31.5 Å². The molecule has 0 aromatic heterocycles. The number of benzene rings is 1. The number of fused-ring (bicyclic) bond motifs is 1. The number of methoxy groups -OCH3 is 1. The SMILES string of the molecule is COC1NCc2cc(C3CC3)ccc21. The molecular formula is C12H15NO. The summed E-state index contributed by atoms with van der Waals surface area (Å²) in [5.74, 6) is 0.849. The fourth-order valence-corrected chi connectivity index (χ4v) is 2.23. The first-order valence-corrected chi connectivity index (χ1v) is 5.27. The Kier molecular flexibility index (Phi) is 1.85. The molecule has 1 aromatic rings. The Balaban J connectivity index is 1.96. The van der Waals surface area contributed by atoms with E-state index in [2.05, 4.69) is 23.5 Å². The second-order valence-electron chi connectivity index (χ2n) is 4.23. The van der Waals surface area contributed by atoms with Gasteiger partial charge in [0.2, 0.25) is 0 Å². The summed E-state index contributed by atoms with van der Waals surface area (Å²) in [4.78, 5) is 0. The van der Waals surface area contributed by atoms with Crippen LogP contribution in [0.5, 0.6) is 0 Å². The highest BCUT2D eigenvalue weighted by atomic mass is 16.5. The molecule has 2 heteroatoms. The standard InChI is InChI=1S/C12H15NO/c1-14-12-11-5-4-9(8-2-3-8)6-10(11)7-13-12/h4-6,8,12-13H,2-3,7H2,1H3. The van der Waals surface area contributed by atoms with Gasteiger partial charge in [0, 0.05) is 13.7 Å². The summed E-state index contributed by atoms with van der Waals surface area (Å²) in [5, 5.41) is 3.34. The summed E-state index contributed by atoms with van der Waals surface area (Å²) in [7, 11) is 1.75. The first-order chi connectivity index (χ1) is 6.88. The van der Waals surface area contributed by atoms with E-state index >= 15 is 0 Å². The van der Waals surface area contributed by atoms with Crippen molar-refractivity contribution < 1.29 is 4.74 Å². The third-order valence-electron chi connectivity index (χ3n) is 3.21. The topological polar surface area (TPSA) is 21.3 Å². The highest BCUT2D eigenvalue weighted by molar-refractivity contribution is 5.38. The zero-order valence-electron chi connectivity index (χ0n) is 8.42. The van der Waals surface area contributed by atoms with Crippen LogP contribution < -0.4 is 5.32 Å². The molecule has 1 aliphatic heterocycles. The number of hydrogen-bond acceptors (Lipinski definition) is 2. The van der Waals surface area contributed by atoms with E-state index in [0.29, 0.717) is 0 Å². The van der Waals surface area contributed by atoms with Gasteiger partial charge >= 0.3 is 0 Å². The summed E-state index contributed by atoms with van der Waals surface area (Å²) in [5.41, 5.74) is 4.25. The predicted molar refractivity (Wildman–Crippen MR) is 55.0 cm³/mol. The van der Waals surface area contributed by atoms with Crippen LogP contribution in [-0.4, -0.2) is 7.11 Å².